The van der Waals surface area contributed by atoms with Crippen LogP contribution >= 0.6 is 23.2 Å². The number of carbonyl (C=O) groups excluding carboxylic acids is 1. The molecule has 32 heavy (non-hydrogen) atoms. The van der Waals surface area contributed by atoms with E-state index in [9.17, 15) is 9.59 Å². The van der Waals surface area contributed by atoms with Crippen LogP contribution in [0.1, 0.15) is 12.5 Å². The van der Waals surface area contributed by atoms with Gasteiger partial charge in [0.15, 0.2) is 0 Å². The molecule has 0 aliphatic rings. The maximum Gasteiger partial charge on any atom is 0.275 e. The van der Waals surface area contributed by atoms with Crippen molar-refractivity contribution in [1.82, 2.24) is 15.2 Å². The van der Waals surface area contributed by atoms with Crippen LogP contribution in [0.15, 0.2) is 82.7 Å². The number of hydrazone groups is 1. The third-order valence-electron chi connectivity index (χ3n) is 4.89. The minimum Gasteiger partial charge on any atom is -0.271 e. The van der Waals surface area contributed by atoms with Gasteiger partial charge in [0.05, 0.1) is 16.8 Å². The lowest BCUT2D eigenvalue weighted by Gasteiger charge is -2.11. The molecule has 160 valence electrons. The van der Waals surface area contributed by atoms with Crippen molar-refractivity contribution in [2.75, 3.05) is 0 Å². The molecule has 0 aliphatic heterocycles. The molecule has 4 aromatic rings. The minimum atomic E-state index is -0.467. The largest absolute Gasteiger partial charge is 0.275 e. The molecule has 0 atom stereocenters. The van der Waals surface area contributed by atoms with Gasteiger partial charge in [-0.2, -0.15) is 10.2 Å². The van der Waals surface area contributed by atoms with Crippen LogP contribution < -0.4 is 11.0 Å². The summed E-state index contributed by atoms with van der Waals surface area (Å²) >= 11 is 11.9. The highest BCUT2D eigenvalue weighted by atomic mass is 35.5. The summed E-state index contributed by atoms with van der Waals surface area (Å²) in [6.45, 7) is 1.49. The van der Waals surface area contributed by atoms with Gasteiger partial charge in [0, 0.05) is 21.0 Å². The fourth-order valence-corrected chi connectivity index (χ4v) is 3.49. The second-order valence-corrected chi connectivity index (χ2v) is 7.98. The number of rotatable bonds is 5. The molecule has 0 fully saturated rings. The topological polar surface area (TPSA) is 76.3 Å². The number of fused-ring (bicyclic) bond motifs is 1. The molecule has 0 saturated heterocycles. The molecular weight excluding hydrogens is 447 g/mol. The third-order valence-corrected chi connectivity index (χ3v) is 5.39. The average Bonchev–Trinajstić information content (AvgIpc) is 2.80. The van der Waals surface area contributed by atoms with E-state index in [1.54, 1.807) is 55.5 Å². The van der Waals surface area contributed by atoms with Gasteiger partial charge in [0.2, 0.25) is 0 Å². The van der Waals surface area contributed by atoms with Crippen molar-refractivity contribution >= 4 is 45.6 Å². The molecule has 0 unspecified atom stereocenters. The number of nitrogens with zero attached hydrogens (tertiary/aromatic N) is 3. The Morgan fingerprint density at radius 1 is 0.938 bits per heavy atom. The number of amides is 1. The molecule has 4 rings (SSSR count). The number of aromatic nitrogens is 2. The quantitative estimate of drug-likeness (QED) is 0.336. The fourth-order valence-electron chi connectivity index (χ4n) is 3.24. The van der Waals surface area contributed by atoms with E-state index >= 15 is 0 Å². The predicted octanol–water partition coefficient (Wildman–Crippen LogP) is 4.91. The maximum atomic E-state index is 12.9. The van der Waals surface area contributed by atoms with E-state index in [0.717, 1.165) is 15.8 Å². The van der Waals surface area contributed by atoms with Crippen LogP contribution in [0.25, 0.3) is 22.0 Å². The molecule has 8 heteroatoms. The summed E-state index contributed by atoms with van der Waals surface area (Å²) in [5.41, 5.74) is 4.93. The smallest absolute Gasteiger partial charge is 0.271 e. The zero-order valence-electron chi connectivity index (χ0n) is 17.0. The highest BCUT2D eigenvalue weighted by Gasteiger charge is 2.14. The van der Waals surface area contributed by atoms with E-state index < -0.39 is 5.91 Å². The van der Waals surface area contributed by atoms with Crippen LogP contribution in [0.3, 0.4) is 0 Å². The molecule has 6 nitrogen and oxygen atoms in total. The van der Waals surface area contributed by atoms with Crippen LogP contribution in [0.2, 0.25) is 10.0 Å². The van der Waals surface area contributed by atoms with Crippen molar-refractivity contribution < 1.29 is 4.79 Å². The summed E-state index contributed by atoms with van der Waals surface area (Å²) in [6, 6.07) is 21.4. The van der Waals surface area contributed by atoms with Gasteiger partial charge < -0.3 is 0 Å². The molecule has 0 spiro atoms. The van der Waals surface area contributed by atoms with Crippen molar-refractivity contribution in [1.29, 1.82) is 0 Å². The fraction of sp³-hybridized carbons (Fsp3) is 0.0833. The Bertz CT molecular complexity index is 1380. The summed E-state index contributed by atoms with van der Waals surface area (Å²) in [7, 11) is 0. The van der Waals surface area contributed by atoms with Gasteiger partial charge in [-0.1, -0.05) is 65.7 Å². The average molecular weight is 465 g/mol. The Morgan fingerprint density at radius 2 is 1.53 bits per heavy atom. The Kier molecular flexibility index (Phi) is 6.35. The monoisotopic (exact) mass is 464 g/mol. The Hall–Kier alpha value is -3.48. The number of halogens is 2. The van der Waals surface area contributed by atoms with E-state index in [-0.39, 0.29) is 12.1 Å². The number of hydrogen-bond donors (Lipinski definition) is 1. The van der Waals surface area contributed by atoms with E-state index in [2.05, 4.69) is 15.6 Å². The van der Waals surface area contributed by atoms with Crippen molar-refractivity contribution in [3.05, 3.63) is 98.8 Å². The lowest BCUT2D eigenvalue weighted by atomic mass is 10.1. The molecule has 1 N–H and O–H groups in total. The van der Waals surface area contributed by atoms with Crippen LogP contribution in [-0.2, 0) is 11.3 Å². The molecule has 0 aliphatic carbocycles. The van der Waals surface area contributed by atoms with Gasteiger partial charge >= 0.3 is 0 Å². The first-order valence-corrected chi connectivity index (χ1v) is 10.5. The zero-order chi connectivity index (χ0) is 22.7. The molecule has 1 heterocycles. The molecule has 3 aromatic carbocycles. The van der Waals surface area contributed by atoms with E-state index in [1.165, 1.54) is 0 Å². The Labute approximate surface area is 194 Å². The lowest BCUT2D eigenvalue weighted by Crippen LogP contribution is -2.32. The number of benzene rings is 3. The molecule has 0 bridgehead atoms. The Morgan fingerprint density at radius 3 is 2.19 bits per heavy atom. The lowest BCUT2D eigenvalue weighted by molar-refractivity contribution is -0.121. The number of carbonyl (C=O) groups is 1. The zero-order valence-corrected chi connectivity index (χ0v) is 18.6. The van der Waals surface area contributed by atoms with Crippen LogP contribution in [0.4, 0.5) is 0 Å². The molecular formula is C24H18Cl2N4O2. The van der Waals surface area contributed by atoms with Crippen molar-refractivity contribution in [2.45, 2.75) is 13.5 Å². The first kappa shape index (κ1) is 21.7. The summed E-state index contributed by atoms with van der Waals surface area (Å²) in [5, 5.41) is 11.0. The van der Waals surface area contributed by atoms with Gasteiger partial charge in [0.1, 0.15) is 6.54 Å². The van der Waals surface area contributed by atoms with Gasteiger partial charge in [-0.05, 0) is 42.8 Å². The normalized spacial score (nSPS) is 11.5. The minimum absolute atomic E-state index is 0.276. The Balaban J connectivity index is 1.64. The molecule has 1 amide bonds. The van der Waals surface area contributed by atoms with Gasteiger partial charge in [-0.25, -0.2) is 10.1 Å². The molecule has 1 aromatic heterocycles. The SMILES string of the molecule is C/C(=N\NC(=O)Cn1nc(-c2ccc(Cl)cc2)c2ccccc2c1=O)c1ccc(Cl)cc1. The molecule has 0 radical (unpaired) electrons. The second-order valence-electron chi connectivity index (χ2n) is 7.10. The van der Waals surface area contributed by atoms with Crippen molar-refractivity contribution in [3.63, 3.8) is 0 Å². The van der Waals surface area contributed by atoms with E-state index in [1.807, 2.05) is 24.3 Å². The van der Waals surface area contributed by atoms with Gasteiger partial charge in [-0.3, -0.25) is 9.59 Å². The standard InChI is InChI=1S/C24H18Cl2N4O2/c1-15(16-6-10-18(25)11-7-16)27-28-22(31)14-30-24(32)21-5-3-2-4-20(21)23(29-30)17-8-12-19(26)13-9-17/h2-13H,14H2,1H3,(H,28,31)/b27-15+. The molecule has 0 saturated carbocycles. The first-order valence-electron chi connectivity index (χ1n) is 9.77. The highest BCUT2D eigenvalue weighted by Crippen LogP contribution is 2.25. The van der Waals surface area contributed by atoms with E-state index in [4.69, 9.17) is 23.2 Å². The van der Waals surface area contributed by atoms with Crippen LogP contribution in [0, 0.1) is 0 Å². The summed E-state index contributed by atoms with van der Waals surface area (Å²) in [6.07, 6.45) is 0. The highest BCUT2D eigenvalue weighted by molar-refractivity contribution is 6.31. The summed E-state index contributed by atoms with van der Waals surface area (Å²) < 4.78 is 1.15. The predicted molar refractivity (Wildman–Crippen MR) is 128 cm³/mol. The first-order chi connectivity index (χ1) is 15.4. The number of nitrogens with one attached hydrogen (secondary N) is 1. The summed E-state index contributed by atoms with van der Waals surface area (Å²) in [4.78, 5) is 25.5. The maximum absolute atomic E-state index is 12.9. The van der Waals surface area contributed by atoms with Crippen LogP contribution in [0.5, 0.6) is 0 Å². The number of hydrogen-bond acceptors (Lipinski definition) is 4. The van der Waals surface area contributed by atoms with Crippen molar-refractivity contribution in [3.8, 4) is 11.3 Å². The van der Waals surface area contributed by atoms with E-state index in [0.29, 0.717) is 32.2 Å². The second kappa shape index (κ2) is 9.34. The van der Waals surface area contributed by atoms with Gasteiger partial charge in [-0.15, -0.1) is 0 Å². The van der Waals surface area contributed by atoms with Crippen molar-refractivity contribution in [2.24, 2.45) is 5.10 Å². The third kappa shape index (κ3) is 4.72. The van der Waals surface area contributed by atoms with Gasteiger partial charge in [0.25, 0.3) is 11.5 Å². The van der Waals surface area contributed by atoms with Crippen LogP contribution in [-0.4, -0.2) is 21.4 Å². The summed E-state index contributed by atoms with van der Waals surface area (Å²) in [5.74, 6) is -0.467.